The molecule has 6 heteroatoms. The summed E-state index contributed by atoms with van der Waals surface area (Å²) in [5.41, 5.74) is 6.75. The summed E-state index contributed by atoms with van der Waals surface area (Å²) < 4.78 is 17.1. The molecule has 1 aliphatic rings. The maximum atomic E-state index is 11.0. The fourth-order valence-electron chi connectivity index (χ4n) is 4.69. The standard InChI is InChI=1S/C27H24O6/c1-15-8-24-27(22(28)14-33-24)16(2)26(15)18-5-3-4-17(9-18)12-31-20-6-7-21-19(10-25(29)30)13-32-23(21)11-20/h3-9,11,14,19,28H,10,12-13H2,1-2H3,(H,29,30). The number of ether oxygens (including phenoxy) is 2. The lowest BCUT2D eigenvalue weighted by Crippen LogP contribution is -2.07. The highest BCUT2D eigenvalue weighted by atomic mass is 16.5. The second-order valence-electron chi connectivity index (χ2n) is 8.48. The molecule has 5 rings (SSSR count). The van der Waals surface area contributed by atoms with Crippen molar-refractivity contribution in [2.24, 2.45) is 0 Å². The summed E-state index contributed by atoms with van der Waals surface area (Å²) in [6, 6.07) is 15.7. The Morgan fingerprint density at radius 2 is 2.00 bits per heavy atom. The van der Waals surface area contributed by atoms with E-state index in [0.717, 1.165) is 38.8 Å². The summed E-state index contributed by atoms with van der Waals surface area (Å²) in [6.45, 7) is 4.78. The zero-order chi connectivity index (χ0) is 23.1. The van der Waals surface area contributed by atoms with E-state index in [-0.39, 0.29) is 18.1 Å². The first kappa shape index (κ1) is 20.9. The molecule has 0 aliphatic carbocycles. The Morgan fingerprint density at radius 1 is 1.15 bits per heavy atom. The van der Waals surface area contributed by atoms with E-state index in [2.05, 4.69) is 6.07 Å². The van der Waals surface area contributed by atoms with E-state index in [0.29, 0.717) is 30.3 Å². The average molecular weight is 444 g/mol. The molecule has 1 aliphatic heterocycles. The van der Waals surface area contributed by atoms with Gasteiger partial charge in [-0.3, -0.25) is 4.79 Å². The van der Waals surface area contributed by atoms with Gasteiger partial charge in [-0.05, 0) is 59.9 Å². The van der Waals surface area contributed by atoms with Crippen molar-refractivity contribution >= 4 is 16.9 Å². The number of rotatable bonds is 6. The number of furan rings is 1. The van der Waals surface area contributed by atoms with Crippen LogP contribution in [0.5, 0.6) is 17.2 Å². The Kier molecular flexibility index (Phi) is 5.21. The first-order valence-corrected chi connectivity index (χ1v) is 10.8. The van der Waals surface area contributed by atoms with E-state index in [4.69, 9.17) is 19.0 Å². The number of hydrogen-bond donors (Lipinski definition) is 2. The fraction of sp³-hybridized carbons (Fsp3) is 0.222. The summed E-state index contributed by atoms with van der Waals surface area (Å²) in [5, 5.41) is 20.0. The van der Waals surface area contributed by atoms with Crippen LogP contribution in [0.2, 0.25) is 0 Å². The molecule has 1 unspecified atom stereocenters. The van der Waals surface area contributed by atoms with E-state index in [1.165, 1.54) is 6.26 Å². The number of aliphatic carboxylic acids is 1. The summed E-state index contributed by atoms with van der Waals surface area (Å²) in [7, 11) is 0. The lowest BCUT2D eigenvalue weighted by molar-refractivity contribution is -0.137. The second kappa shape index (κ2) is 8.20. The molecule has 168 valence electrons. The normalized spacial score (nSPS) is 14.8. The van der Waals surface area contributed by atoms with Crippen molar-refractivity contribution in [1.82, 2.24) is 0 Å². The molecule has 0 radical (unpaired) electrons. The first-order valence-electron chi connectivity index (χ1n) is 10.8. The maximum Gasteiger partial charge on any atom is 0.304 e. The number of fused-ring (bicyclic) bond motifs is 2. The Labute approximate surface area is 191 Å². The van der Waals surface area contributed by atoms with Gasteiger partial charge in [0, 0.05) is 17.5 Å². The van der Waals surface area contributed by atoms with Crippen LogP contribution in [0.25, 0.3) is 22.1 Å². The molecule has 0 saturated heterocycles. The van der Waals surface area contributed by atoms with E-state index in [1.54, 1.807) is 0 Å². The minimum absolute atomic E-state index is 0.0568. The molecule has 0 spiro atoms. The van der Waals surface area contributed by atoms with Crippen LogP contribution in [0.15, 0.2) is 59.2 Å². The van der Waals surface area contributed by atoms with Crippen molar-refractivity contribution in [2.75, 3.05) is 6.61 Å². The molecule has 0 amide bonds. The van der Waals surface area contributed by atoms with Crippen molar-refractivity contribution < 1.29 is 28.9 Å². The highest BCUT2D eigenvalue weighted by molar-refractivity contribution is 5.94. The van der Waals surface area contributed by atoms with Crippen LogP contribution in [0.3, 0.4) is 0 Å². The largest absolute Gasteiger partial charge is 0.504 e. The molecule has 1 aromatic heterocycles. The van der Waals surface area contributed by atoms with Crippen molar-refractivity contribution in [3.63, 3.8) is 0 Å². The number of aryl methyl sites for hydroxylation is 2. The Balaban J connectivity index is 1.37. The number of carboxylic acids is 1. The van der Waals surface area contributed by atoms with Crippen LogP contribution >= 0.6 is 0 Å². The third kappa shape index (κ3) is 3.89. The van der Waals surface area contributed by atoms with Crippen LogP contribution in [-0.4, -0.2) is 22.8 Å². The predicted octanol–water partition coefficient (Wildman–Crippen LogP) is 5.95. The molecule has 0 saturated carbocycles. The Bertz CT molecular complexity index is 1370. The zero-order valence-corrected chi connectivity index (χ0v) is 18.4. The lowest BCUT2D eigenvalue weighted by Gasteiger charge is -2.13. The van der Waals surface area contributed by atoms with E-state index in [9.17, 15) is 9.90 Å². The molecule has 0 fully saturated rings. The predicted molar refractivity (Wildman–Crippen MR) is 124 cm³/mol. The van der Waals surface area contributed by atoms with Crippen molar-refractivity contribution in [3.05, 3.63) is 77.0 Å². The van der Waals surface area contributed by atoms with Gasteiger partial charge in [0.25, 0.3) is 0 Å². The van der Waals surface area contributed by atoms with Crippen LogP contribution < -0.4 is 9.47 Å². The molecule has 2 heterocycles. The SMILES string of the molecule is Cc1cc2occ(O)c2c(C)c1-c1cccc(COc2ccc3c(c2)OCC3CC(=O)O)c1. The van der Waals surface area contributed by atoms with Gasteiger partial charge in [0.1, 0.15) is 30.0 Å². The minimum Gasteiger partial charge on any atom is -0.504 e. The summed E-state index contributed by atoms with van der Waals surface area (Å²) in [4.78, 5) is 11.0. The van der Waals surface area contributed by atoms with E-state index < -0.39 is 5.97 Å². The second-order valence-corrected chi connectivity index (χ2v) is 8.48. The maximum absolute atomic E-state index is 11.0. The number of aromatic hydroxyl groups is 1. The van der Waals surface area contributed by atoms with Gasteiger partial charge < -0.3 is 24.1 Å². The molecule has 3 aromatic carbocycles. The molecule has 4 aromatic rings. The van der Waals surface area contributed by atoms with Crippen LogP contribution in [-0.2, 0) is 11.4 Å². The van der Waals surface area contributed by atoms with Gasteiger partial charge in [0.2, 0.25) is 0 Å². The number of carbonyl (C=O) groups is 1. The van der Waals surface area contributed by atoms with Gasteiger partial charge in [-0.2, -0.15) is 0 Å². The third-order valence-electron chi connectivity index (χ3n) is 6.20. The van der Waals surface area contributed by atoms with Crippen LogP contribution in [0, 0.1) is 13.8 Å². The van der Waals surface area contributed by atoms with Gasteiger partial charge in [0.05, 0.1) is 18.4 Å². The molecule has 33 heavy (non-hydrogen) atoms. The number of hydrogen-bond acceptors (Lipinski definition) is 5. The van der Waals surface area contributed by atoms with Gasteiger partial charge in [-0.25, -0.2) is 0 Å². The quantitative estimate of drug-likeness (QED) is 0.382. The minimum atomic E-state index is -0.829. The highest BCUT2D eigenvalue weighted by Gasteiger charge is 2.26. The average Bonchev–Trinajstić information content (AvgIpc) is 3.35. The highest BCUT2D eigenvalue weighted by Crippen LogP contribution is 2.40. The molecule has 0 bridgehead atoms. The van der Waals surface area contributed by atoms with E-state index in [1.807, 2.05) is 56.3 Å². The summed E-state index contributed by atoms with van der Waals surface area (Å²) in [5.74, 6) is 0.554. The van der Waals surface area contributed by atoms with Crippen LogP contribution in [0.4, 0.5) is 0 Å². The smallest absolute Gasteiger partial charge is 0.304 e. The molecular weight excluding hydrogens is 420 g/mol. The Morgan fingerprint density at radius 3 is 2.82 bits per heavy atom. The lowest BCUT2D eigenvalue weighted by atomic mass is 9.92. The number of carboxylic acid groups (broad SMARTS) is 1. The third-order valence-corrected chi connectivity index (χ3v) is 6.20. The topological polar surface area (TPSA) is 89.1 Å². The van der Waals surface area contributed by atoms with Crippen molar-refractivity contribution in [3.8, 4) is 28.4 Å². The van der Waals surface area contributed by atoms with E-state index >= 15 is 0 Å². The van der Waals surface area contributed by atoms with Gasteiger partial charge in [0.15, 0.2) is 5.75 Å². The van der Waals surface area contributed by atoms with Crippen molar-refractivity contribution in [1.29, 1.82) is 0 Å². The fourth-order valence-corrected chi connectivity index (χ4v) is 4.69. The van der Waals surface area contributed by atoms with Gasteiger partial charge >= 0.3 is 5.97 Å². The monoisotopic (exact) mass is 444 g/mol. The number of benzene rings is 3. The van der Waals surface area contributed by atoms with Crippen LogP contribution in [0.1, 0.15) is 34.6 Å². The molecule has 6 nitrogen and oxygen atoms in total. The molecule has 2 N–H and O–H groups in total. The first-order chi connectivity index (χ1) is 15.9. The van der Waals surface area contributed by atoms with Crippen molar-refractivity contribution in [2.45, 2.75) is 32.8 Å². The summed E-state index contributed by atoms with van der Waals surface area (Å²) in [6.07, 6.45) is 1.43. The Hall–Kier alpha value is -3.93. The van der Waals surface area contributed by atoms with Gasteiger partial charge in [-0.1, -0.05) is 24.3 Å². The zero-order valence-electron chi connectivity index (χ0n) is 18.4. The summed E-state index contributed by atoms with van der Waals surface area (Å²) >= 11 is 0. The molecular formula is C27H24O6. The molecule has 1 atom stereocenters. The van der Waals surface area contributed by atoms with Gasteiger partial charge in [-0.15, -0.1) is 0 Å².